The molecule has 0 bridgehead atoms. The molecule has 92 valence electrons. The first kappa shape index (κ1) is 13.5. The summed E-state index contributed by atoms with van der Waals surface area (Å²) in [5, 5.41) is 12.4. The number of rotatable bonds is 7. The minimum atomic E-state index is -0.0284. The molecule has 0 spiro atoms. The van der Waals surface area contributed by atoms with Gasteiger partial charge in [-0.3, -0.25) is 10.2 Å². The Morgan fingerprint density at radius 1 is 1.25 bits per heavy atom. The third kappa shape index (κ3) is 4.96. The van der Waals surface area contributed by atoms with Crippen molar-refractivity contribution in [2.75, 3.05) is 13.1 Å². The molecule has 1 N–H and O–H groups in total. The zero-order chi connectivity index (χ0) is 12.1. The fourth-order valence-corrected chi connectivity index (χ4v) is 2.05. The third-order valence-electron chi connectivity index (χ3n) is 2.77. The largest absolute Gasteiger partial charge is 0.299 e. The summed E-state index contributed by atoms with van der Waals surface area (Å²) in [6.45, 7) is 10.7. The molecule has 1 saturated carbocycles. The summed E-state index contributed by atoms with van der Waals surface area (Å²) in [5.41, 5.74) is 0. The van der Waals surface area contributed by atoms with E-state index in [1.165, 1.54) is 12.8 Å². The van der Waals surface area contributed by atoms with Gasteiger partial charge in [-0.2, -0.15) is 5.26 Å². The lowest BCUT2D eigenvalue weighted by molar-refractivity contribution is 0.219. The number of nitriles is 1. The highest BCUT2D eigenvalue weighted by atomic mass is 15.2. The lowest BCUT2D eigenvalue weighted by Gasteiger charge is -2.27. The van der Waals surface area contributed by atoms with Crippen LogP contribution in [0.3, 0.4) is 0 Å². The molecule has 1 aliphatic carbocycles. The quantitative estimate of drug-likeness (QED) is 0.717. The highest BCUT2D eigenvalue weighted by molar-refractivity contribution is 4.96. The highest BCUT2D eigenvalue weighted by Gasteiger charge is 2.30. The van der Waals surface area contributed by atoms with Crippen molar-refractivity contribution < 1.29 is 0 Å². The molecule has 1 atom stereocenters. The Labute approximate surface area is 99.8 Å². The molecule has 0 aromatic carbocycles. The molecule has 3 nitrogen and oxygen atoms in total. The fourth-order valence-electron chi connectivity index (χ4n) is 2.05. The SMILES string of the molecule is CC(C)CN(CC(C#N)NC(C)C)C1CC1. The fraction of sp³-hybridized carbons (Fsp3) is 0.923. The van der Waals surface area contributed by atoms with E-state index in [1.54, 1.807) is 0 Å². The maximum Gasteiger partial charge on any atom is 0.108 e. The first-order chi connectivity index (χ1) is 7.52. The number of hydrogen-bond donors (Lipinski definition) is 1. The summed E-state index contributed by atoms with van der Waals surface area (Å²) in [6, 6.07) is 3.46. The van der Waals surface area contributed by atoms with Crippen molar-refractivity contribution in [3.63, 3.8) is 0 Å². The number of hydrogen-bond acceptors (Lipinski definition) is 3. The van der Waals surface area contributed by atoms with E-state index >= 15 is 0 Å². The second-order valence-electron chi connectivity index (χ2n) is 5.58. The minimum Gasteiger partial charge on any atom is -0.299 e. The van der Waals surface area contributed by atoms with Crippen LogP contribution in [-0.2, 0) is 0 Å². The van der Waals surface area contributed by atoms with Gasteiger partial charge in [0.05, 0.1) is 6.07 Å². The van der Waals surface area contributed by atoms with Gasteiger partial charge in [0, 0.05) is 25.2 Å². The predicted octanol–water partition coefficient (Wildman–Crippen LogP) is 2.00. The molecule has 1 unspecified atom stereocenters. The summed E-state index contributed by atoms with van der Waals surface area (Å²) in [4.78, 5) is 2.48. The highest BCUT2D eigenvalue weighted by Crippen LogP contribution is 2.27. The van der Waals surface area contributed by atoms with E-state index in [-0.39, 0.29) is 6.04 Å². The maximum absolute atomic E-state index is 9.12. The zero-order valence-corrected chi connectivity index (χ0v) is 11.0. The van der Waals surface area contributed by atoms with E-state index in [2.05, 4.69) is 44.0 Å². The van der Waals surface area contributed by atoms with Crippen molar-refractivity contribution in [2.45, 2.75) is 58.7 Å². The van der Waals surface area contributed by atoms with Crippen LogP contribution in [0, 0.1) is 17.2 Å². The summed E-state index contributed by atoms with van der Waals surface area (Å²) >= 11 is 0. The van der Waals surface area contributed by atoms with Gasteiger partial charge in [0.15, 0.2) is 0 Å². The van der Waals surface area contributed by atoms with E-state index in [0.29, 0.717) is 12.0 Å². The lowest BCUT2D eigenvalue weighted by Crippen LogP contribution is -2.44. The predicted molar refractivity (Wildman–Crippen MR) is 67.1 cm³/mol. The molecule has 1 rings (SSSR count). The average Bonchev–Trinajstić information content (AvgIpc) is 2.97. The Balaban J connectivity index is 2.42. The molecular formula is C13H25N3. The second-order valence-corrected chi connectivity index (χ2v) is 5.58. The summed E-state index contributed by atoms with van der Waals surface area (Å²) < 4.78 is 0. The molecule has 0 radical (unpaired) electrons. The van der Waals surface area contributed by atoms with Crippen LogP contribution in [0.5, 0.6) is 0 Å². The van der Waals surface area contributed by atoms with Crippen LogP contribution in [0.15, 0.2) is 0 Å². The van der Waals surface area contributed by atoms with Crippen molar-refractivity contribution in [1.29, 1.82) is 5.26 Å². The molecule has 0 saturated heterocycles. The monoisotopic (exact) mass is 223 g/mol. The van der Waals surface area contributed by atoms with Crippen molar-refractivity contribution in [2.24, 2.45) is 5.92 Å². The average molecular weight is 223 g/mol. The van der Waals surface area contributed by atoms with E-state index in [0.717, 1.165) is 19.1 Å². The van der Waals surface area contributed by atoms with Crippen LogP contribution in [0.4, 0.5) is 0 Å². The van der Waals surface area contributed by atoms with Gasteiger partial charge in [-0.25, -0.2) is 0 Å². The normalized spacial score (nSPS) is 18.1. The topological polar surface area (TPSA) is 39.1 Å². The Morgan fingerprint density at radius 3 is 2.25 bits per heavy atom. The van der Waals surface area contributed by atoms with Crippen LogP contribution in [0.2, 0.25) is 0 Å². The Kier molecular flexibility index (Phi) is 5.24. The molecular weight excluding hydrogens is 198 g/mol. The number of nitrogens with one attached hydrogen (secondary N) is 1. The first-order valence-electron chi connectivity index (χ1n) is 6.42. The van der Waals surface area contributed by atoms with Crippen LogP contribution in [-0.4, -0.2) is 36.1 Å². The first-order valence-corrected chi connectivity index (χ1v) is 6.42. The van der Waals surface area contributed by atoms with Crippen molar-refractivity contribution in [1.82, 2.24) is 10.2 Å². The molecule has 16 heavy (non-hydrogen) atoms. The van der Waals surface area contributed by atoms with Gasteiger partial charge in [-0.05, 0) is 32.6 Å². The zero-order valence-electron chi connectivity index (χ0n) is 11.0. The Hall–Kier alpha value is -0.590. The Bertz CT molecular complexity index is 238. The van der Waals surface area contributed by atoms with E-state index in [4.69, 9.17) is 5.26 Å². The summed E-state index contributed by atoms with van der Waals surface area (Å²) in [7, 11) is 0. The molecule has 0 aliphatic heterocycles. The van der Waals surface area contributed by atoms with Crippen LogP contribution in [0.25, 0.3) is 0 Å². The van der Waals surface area contributed by atoms with E-state index < -0.39 is 0 Å². The maximum atomic E-state index is 9.12. The van der Waals surface area contributed by atoms with Gasteiger partial charge < -0.3 is 0 Å². The van der Waals surface area contributed by atoms with Gasteiger partial charge >= 0.3 is 0 Å². The van der Waals surface area contributed by atoms with Crippen molar-refractivity contribution in [3.8, 4) is 6.07 Å². The summed E-state index contributed by atoms with van der Waals surface area (Å²) in [5.74, 6) is 0.680. The smallest absolute Gasteiger partial charge is 0.108 e. The van der Waals surface area contributed by atoms with Crippen molar-refractivity contribution in [3.05, 3.63) is 0 Å². The third-order valence-corrected chi connectivity index (χ3v) is 2.77. The van der Waals surface area contributed by atoms with Gasteiger partial charge in [0.1, 0.15) is 6.04 Å². The van der Waals surface area contributed by atoms with Gasteiger partial charge in [-0.1, -0.05) is 13.8 Å². The van der Waals surface area contributed by atoms with Gasteiger partial charge in [-0.15, -0.1) is 0 Å². The second kappa shape index (κ2) is 6.22. The van der Waals surface area contributed by atoms with Gasteiger partial charge in [0.2, 0.25) is 0 Å². The summed E-state index contributed by atoms with van der Waals surface area (Å²) in [6.07, 6.45) is 2.62. The molecule has 0 aromatic rings. The van der Waals surface area contributed by atoms with E-state index in [1.807, 2.05) is 0 Å². The molecule has 0 aromatic heterocycles. The van der Waals surface area contributed by atoms with Crippen LogP contribution < -0.4 is 5.32 Å². The molecule has 3 heteroatoms. The number of nitrogens with zero attached hydrogens (tertiary/aromatic N) is 2. The Morgan fingerprint density at radius 2 is 1.88 bits per heavy atom. The molecule has 0 heterocycles. The molecule has 1 fully saturated rings. The van der Waals surface area contributed by atoms with Gasteiger partial charge in [0.25, 0.3) is 0 Å². The van der Waals surface area contributed by atoms with Crippen molar-refractivity contribution >= 4 is 0 Å². The van der Waals surface area contributed by atoms with Crippen LogP contribution >= 0.6 is 0 Å². The van der Waals surface area contributed by atoms with E-state index in [9.17, 15) is 0 Å². The standard InChI is InChI=1S/C13H25N3/c1-10(2)8-16(13-5-6-13)9-12(7-14)15-11(3)4/h10-13,15H,5-6,8-9H2,1-4H3. The molecule has 1 aliphatic rings. The molecule has 0 amide bonds. The van der Waals surface area contributed by atoms with Crippen LogP contribution in [0.1, 0.15) is 40.5 Å². The minimum absolute atomic E-state index is 0.0284. The lowest BCUT2D eigenvalue weighted by atomic mass is 10.2.